The second-order valence-electron chi connectivity index (χ2n) is 9.79. The van der Waals surface area contributed by atoms with E-state index in [0.717, 1.165) is 51.9 Å². The van der Waals surface area contributed by atoms with Crippen LogP contribution in [0.4, 0.5) is 10.1 Å². The lowest BCUT2D eigenvalue weighted by Crippen LogP contribution is -2.48. The number of carbonyl (C=O) groups is 2. The maximum absolute atomic E-state index is 13.7. The summed E-state index contributed by atoms with van der Waals surface area (Å²) in [5, 5.41) is 15.4. The molecule has 3 aromatic rings. The van der Waals surface area contributed by atoms with Gasteiger partial charge in [0, 0.05) is 57.0 Å². The molecule has 4 rings (SSSR count). The molecule has 0 unspecified atom stereocenters. The fourth-order valence-electron chi connectivity index (χ4n) is 5.06. The number of nitrogens with one attached hydrogen (secondary N) is 2. The van der Waals surface area contributed by atoms with Crippen molar-refractivity contribution in [3.05, 3.63) is 58.5 Å². The van der Waals surface area contributed by atoms with Gasteiger partial charge in [0.1, 0.15) is 5.82 Å². The third kappa shape index (κ3) is 6.87. The third-order valence-corrected chi connectivity index (χ3v) is 7.14. The standard InChI is InChI=1S/C28H38FN7O2.ClH/c1-6-25-23-12-19(3)26(14-24(23)32-33(25)4)35(17-27(37)31-11-10-30-7-2)18-28(38)34(5)36-15-20-8-9-22(29)13-21(20)16-36;/h8-9,12-14,30H,6-7,10-11,15-18H2,1-5H3,(H,31,37);1H. The van der Waals surface area contributed by atoms with Gasteiger partial charge < -0.3 is 15.5 Å². The third-order valence-electron chi connectivity index (χ3n) is 7.14. The number of nitrogens with zero attached hydrogens (tertiary/aromatic N) is 5. The van der Waals surface area contributed by atoms with Crippen LogP contribution in [0.2, 0.25) is 0 Å². The highest BCUT2D eigenvalue weighted by Gasteiger charge is 2.28. The van der Waals surface area contributed by atoms with E-state index in [1.807, 2.05) is 41.6 Å². The predicted molar refractivity (Wildman–Crippen MR) is 154 cm³/mol. The van der Waals surface area contributed by atoms with Gasteiger partial charge in [-0.3, -0.25) is 19.3 Å². The molecule has 9 nitrogen and oxygen atoms in total. The van der Waals surface area contributed by atoms with E-state index in [-0.39, 0.29) is 43.1 Å². The van der Waals surface area contributed by atoms with Gasteiger partial charge in [0.15, 0.2) is 0 Å². The first-order chi connectivity index (χ1) is 18.2. The molecule has 0 fully saturated rings. The number of hydrogen-bond acceptors (Lipinski definition) is 6. The van der Waals surface area contributed by atoms with Crippen LogP contribution in [-0.2, 0) is 36.1 Å². The molecular weight excluding hydrogens is 521 g/mol. The number of likely N-dealkylation sites (N-methyl/N-ethyl adjacent to an activating group) is 2. The van der Waals surface area contributed by atoms with Crippen molar-refractivity contribution in [1.82, 2.24) is 30.4 Å². The maximum Gasteiger partial charge on any atom is 0.256 e. The molecule has 0 atom stereocenters. The minimum atomic E-state index is -0.280. The van der Waals surface area contributed by atoms with E-state index < -0.39 is 0 Å². The fourth-order valence-corrected chi connectivity index (χ4v) is 5.06. The van der Waals surface area contributed by atoms with Crippen LogP contribution in [0.15, 0.2) is 30.3 Å². The summed E-state index contributed by atoms with van der Waals surface area (Å²) < 4.78 is 15.6. The second-order valence-corrected chi connectivity index (χ2v) is 9.79. The summed E-state index contributed by atoms with van der Waals surface area (Å²) in [5.41, 5.74) is 5.63. The first kappa shape index (κ1) is 30.3. The van der Waals surface area contributed by atoms with Crippen molar-refractivity contribution in [3.8, 4) is 0 Å². The van der Waals surface area contributed by atoms with Crippen molar-refractivity contribution in [2.45, 2.75) is 40.3 Å². The summed E-state index contributed by atoms with van der Waals surface area (Å²) in [6.07, 6.45) is 0.856. The Morgan fingerprint density at radius 2 is 1.82 bits per heavy atom. The van der Waals surface area contributed by atoms with Gasteiger partial charge in [0.05, 0.1) is 18.6 Å². The number of amides is 2. The Balaban J connectivity index is 0.00000420. The predicted octanol–water partition coefficient (Wildman–Crippen LogP) is 2.93. The molecule has 0 bridgehead atoms. The average molecular weight is 560 g/mol. The normalized spacial score (nSPS) is 12.8. The molecule has 0 radical (unpaired) electrons. The quantitative estimate of drug-likeness (QED) is 0.351. The average Bonchev–Trinajstić information content (AvgIpc) is 3.44. The van der Waals surface area contributed by atoms with E-state index in [0.29, 0.717) is 26.2 Å². The van der Waals surface area contributed by atoms with E-state index in [4.69, 9.17) is 0 Å². The lowest BCUT2D eigenvalue weighted by atomic mass is 10.1. The Bertz CT molecular complexity index is 1330. The Labute approximate surface area is 235 Å². The number of hydrazine groups is 1. The van der Waals surface area contributed by atoms with Gasteiger partial charge in [-0.15, -0.1) is 12.4 Å². The number of anilines is 1. The largest absolute Gasteiger partial charge is 0.353 e. The molecular formula is C28H39ClFN7O2. The zero-order chi connectivity index (χ0) is 27.4. The number of fused-ring (bicyclic) bond motifs is 2. The van der Waals surface area contributed by atoms with E-state index >= 15 is 0 Å². The van der Waals surface area contributed by atoms with Crippen molar-refractivity contribution in [2.75, 3.05) is 44.7 Å². The van der Waals surface area contributed by atoms with Crippen molar-refractivity contribution in [2.24, 2.45) is 7.05 Å². The van der Waals surface area contributed by atoms with Gasteiger partial charge in [0.25, 0.3) is 5.91 Å². The SMILES string of the molecule is CCNCCNC(=O)CN(CC(=O)N(C)N1Cc2ccc(F)cc2C1)c1cc2nn(C)c(CC)c2cc1C.Cl. The van der Waals surface area contributed by atoms with Gasteiger partial charge >= 0.3 is 0 Å². The number of hydrogen-bond donors (Lipinski definition) is 2. The minimum absolute atomic E-state index is 0. The van der Waals surface area contributed by atoms with Crippen LogP contribution < -0.4 is 15.5 Å². The molecule has 1 aromatic heterocycles. The molecule has 212 valence electrons. The number of halogens is 2. The molecule has 2 N–H and O–H groups in total. The van der Waals surface area contributed by atoms with Gasteiger partial charge in [-0.1, -0.05) is 19.9 Å². The van der Waals surface area contributed by atoms with E-state index in [1.165, 1.54) is 12.1 Å². The van der Waals surface area contributed by atoms with Gasteiger partial charge in [-0.25, -0.2) is 9.40 Å². The Morgan fingerprint density at radius 3 is 2.54 bits per heavy atom. The van der Waals surface area contributed by atoms with Crippen molar-refractivity contribution >= 4 is 40.8 Å². The van der Waals surface area contributed by atoms with Crippen LogP contribution >= 0.6 is 12.4 Å². The highest BCUT2D eigenvalue weighted by Crippen LogP contribution is 2.29. The van der Waals surface area contributed by atoms with Crippen LogP contribution in [-0.4, -0.2) is 71.4 Å². The molecule has 39 heavy (non-hydrogen) atoms. The van der Waals surface area contributed by atoms with Gasteiger partial charge in [-0.05, 0) is 60.8 Å². The summed E-state index contributed by atoms with van der Waals surface area (Å²) in [5.74, 6) is -0.594. The molecule has 0 saturated carbocycles. The summed E-state index contributed by atoms with van der Waals surface area (Å²) in [4.78, 5) is 28.2. The topological polar surface area (TPSA) is 85.7 Å². The number of aryl methyl sites for hydroxylation is 3. The Hall–Kier alpha value is -3.21. The van der Waals surface area contributed by atoms with Crippen molar-refractivity contribution in [3.63, 3.8) is 0 Å². The van der Waals surface area contributed by atoms with E-state index in [1.54, 1.807) is 18.1 Å². The molecule has 0 saturated heterocycles. The number of benzene rings is 2. The van der Waals surface area contributed by atoms with Crippen molar-refractivity contribution in [1.29, 1.82) is 0 Å². The van der Waals surface area contributed by atoms with Crippen LogP contribution in [0.1, 0.15) is 36.2 Å². The summed E-state index contributed by atoms with van der Waals surface area (Å²) in [6.45, 7) is 9.17. The molecule has 0 spiro atoms. The summed E-state index contributed by atoms with van der Waals surface area (Å²) in [7, 11) is 3.66. The minimum Gasteiger partial charge on any atom is -0.353 e. The molecule has 11 heteroatoms. The molecule has 1 aliphatic rings. The number of carbonyl (C=O) groups excluding carboxylic acids is 2. The van der Waals surface area contributed by atoms with E-state index in [9.17, 15) is 14.0 Å². The summed E-state index contributed by atoms with van der Waals surface area (Å²) >= 11 is 0. The van der Waals surface area contributed by atoms with Gasteiger partial charge in [0.2, 0.25) is 5.91 Å². The van der Waals surface area contributed by atoms with E-state index in [2.05, 4.69) is 28.7 Å². The van der Waals surface area contributed by atoms with Crippen LogP contribution in [0.5, 0.6) is 0 Å². The van der Waals surface area contributed by atoms with Crippen LogP contribution in [0, 0.1) is 12.7 Å². The first-order valence-electron chi connectivity index (χ1n) is 13.2. The lowest BCUT2D eigenvalue weighted by molar-refractivity contribution is -0.145. The number of rotatable bonds is 11. The zero-order valence-electron chi connectivity index (χ0n) is 23.4. The van der Waals surface area contributed by atoms with Gasteiger partial charge in [-0.2, -0.15) is 5.10 Å². The molecule has 1 aliphatic heterocycles. The highest BCUT2D eigenvalue weighted by atomic mass is 35.5. The molecule has 2 amide bonds. The molecule has 2 heterocycles. The smallest absolute Gasteiger partial charge is 0.256 e. The first-order valence-corrected chi connectivity index (χ1v) is 13.2. The van der Waals surface area contributed by atoms with Crippen LogP contribution in [0.25, 0.3) is 10.9 Å². The molecule has 2 aromatic carbocycles. The Kier molecular flexibility index (Phi) is 10.3. The number of aromatic nitrogens is 2. The molecule has 0 aliphatic carbocycles. The Morgan fingerprint density at radius 1 is 1.08 bits per heavy atom. The fraction of sp³-hybridized carbons (Fsp3) is 0.464. The monoisotopic (exact) mass is 559 g/mol. The summed E-state index contributed by atoms with van der Waals surface area (Å²) in [6, 6.07) is 8.79. The maximum atomic E-state index is 13.7. The zero-order valence-corrected chi connectivity index (χ0v) is 24.2. The highest BCUT2D eigenvalue weighted by molar-refractivity contribution is 5.91. The lowest BCUT2D eigenvalue weighted by Gasteiger charge is -2.32. The van der Waals surface area contributed by atoms with Crippen LogP contribution in [0.3, 0.4) is 0 Å². The second kappa shape index (κ2) is 13.2. The van der Waals surface area contributed by atoms with Crippen molar-refractivity contribution < 1.29 is 14.0 Å².